The highest BCUT2D eigenvalue weighted by atomic mass is 16.7. The maximum atomic E-state index is 5.80. The highest BCUT2D eigenvalue weighted by Gasteiger charge is 2.13. The molecule has 0 heterocycles. The predicted octanol–water partition coefficient (Wildman–Crippen LogP) is 5.16. The molecular formula is C21H26O2. The van der Waals surface area contributed by atoms with Crippen molar-refractivity contribution in [3.8, 4) is 5.75 Å². The van der Waals surface area contributed by atoms with Crippen molar-refractivity contribution in [2.45, 2.75) is 51.0 Å². The van der Waals surface area contributed by atoms with Gasteiger partial charge in [-0.05, 0) is 48.9 Å². The Hall–Kier alpha value is -1.80. The SMILES string of the molecule is c1ccc(CCc2ccc(OCOC3CCCCC3)cc2)cc1. The Balaban J connectivity index is 1.40. The number of hydrogen-bond acceptors (Lipinski definition) is 2. The van der Waals surface area contributed by atoms with Gasteiger partial charge in [-0.15, -0.1) is 0 Å². The van der Waals surface area contributed by atoms with Crippen LogP contribution in [0.1, 0.15) is 43.2 Å². The zero-order chi connectivity index (χ0) is 15.7. The van der Waals surface area contributed by atoms with Gasteiger partial charge in [0.05, 0.1) is 6.10 Å². The van der Waals surface area contributed by atoms with Crippen LogP contribution in [0, 0.1) is 0 Å². The fourth-order valence-electron chi connectivity index (χ4n) is 3.12. The molecule has 1 fully saturated rings. The van der Waals surface area contributed by atoms with E-state index in [-0.39, 0.29) is 0 Å². The lowest BCUT2D eigenvalue weighted by molar-refractivity contribution is -0.0496. The molecule has 3 rings (SSSR count). The van der Waals surface area contributed by atoms with E-state index in [4.69, 9.17) is 9.47 Å². The lowest BCUT2D eigenvalue weighted by atomic mass is 9.98. The third-order valence-corrected chi connectivity index (χ3v) is 4.55. The Morgan fingerprint density at radius 3 is 2.09 bits per heavy atom. The van der Waals surface area contributed by atoms with Gasteiger partial charge in [0.1, 0.15) is 5.75 Å². The van der Waals surface area contributed by atoms with E-state index >= 15 is 0 Å². The van der Waals surface area contributed by atoms with Gasteiger partial charge in [0.25, 0.3) is 0 Å². The van der Waals surface area contributed by atoms with Crippen molar-refractivity contribution < 1.29 is 9.47 Å². The minimum Gasteiger partial charge on any atom is -0.468 e. The van der Waals surface area contributed by atoms with Crippen LogP contribution in [0.5, 0.6) is 5.75 Å². The molecule has 2 aromatic rings. The van der Waals surface area contributed by atoms with Gasteiger partial charge in [-0.25, -0.2) is 0 Å². The van der Waals surface area contributed by atoms with Crippen LogP contribution in [0.3, 0.4) is 0 Å². The molecule has 122 valence electrons. The molecule has 0 atom stereocenters. The molecule has 0 spiro atoms. The summed E-state index contributed by atoms with van der Waals surface area (Å²) in [5.74, 6) is 0.893. The van der Waals surface area contributed by atoms with Crippen LogP contribution in [0.15, 0.2) is 54.6 Å². The molecule has 23 heavy (non-hydrogen) atoms. The van der Waals surface area contributed by atoms with Crippen LogP contribution < -0.4 is 4.74 Å². The lowest BCUT2D eigenvalue weighted by Gasteiger charge is -2.21. The maximum absolute atomic E-state index is 5.80. The summed E-state index contributed by atoms with van der Waals surface area (Å²) in [6.45, 7) is 0.369. The molecule has 1 aliphatic carbocycles. The van der Waals surface area contributed by atoms with Crippen molar-refractivity contribution in [3.05, 3.63) is 65.7 Å². The number of hydrogen-bond donors (Lipinski definition) is 0. The molecule has 2 aromatic carbocycles. The normalized spacial score (nSPS) is 15.5. The molecule has 2 heteroatoms. The highest BCUT2D eigenvalue weighted by molar-refractivity contribution is 5.28. The fraction of sp³-hybridized carbons (Fsp3) is 0.429. The van der Waals surface area contributed by atoms with Crippen LogP contribution in [-0.2, 0) is 17.6 Å². The van der Waals surface area contributed by atoms with Crippen molar-refractivity contribution in [1.29, 1.82) is 0 Å². The fourth-order valence-corrected chi connectivity index (χ4v) is 3.12. The zero-order valence-electron chi connectivity index (χ0n) is 13.7. The Morgan fingerprint density at radius 2 is 1.39 bits per heavy atom. The van der Waals surface area contributed by atoms with Crippen molar-refractivity contribution in [2.75, 3.05) is 6.79 Å². The summed E-state index contributed by atoms with van der Waals surface area (Å²) in [7, 11) is 0. The van der Waals surface area contributed by atoms with Crippen molar-refractivity contribution >= 4 is 0 Å². The maximum Gasteiger partial charge on any atom is 0.189 e. The molecule has 0 N–H and O–H groups in total. The largest absolute Gasteiger partial charge is 0.468 e. The predicted molar refractivity (Wildman–Crippen MR) is 93.7 cm³/mol. The van der Waals surface area contributed by atoms with Gasteiger partial charge in [0, 0.05) is 0 Å². The van der Waals surface area contributed by atoms with Gasteiger partial charge in [-0.3, -0.25) is 0 Å². The molecule has 2 nitrogen and oxygen atoms in total. The monoisotopic (exact) mass is 310 g/mol. The van der Waals surface area contributed by atoms with E-state index < -0.39 is 0 Å². The van der Waals surface area contributed by atoms with Crippen molar-refractivity contribution in [2.24, 2.45) is 0 Å². The third-order valence-electron chi connectivity index (χ3n) is 4.55. The second kappa shape index (κ2) is 8.73. The standard InChI is InChI=1S/C21H26O2/c1-3-7-18(8-4-1)11-12-19-13-15-21(16-14-19)23-17-22-20-9-5-2-6-10-20/h1,3-4,7-8,13-16,20H,2,5-6,9-12,17H2. The van der Waals surface area contributed by atoms with E-state index in [1.54, 1.807) is 0 Å². The van der Waals surface area contributed by atoms with Gasteiger partial charge in [-0.1, -0.05) is 61.7 Å². The minimum atomic E-state index is 0.369. The summed E-state index contributed by atoms with van der Waals surface area (Å²) < 4.78 is 11.5. The quantitative estimate of drug-likeness (QED) is 0.658. The molecule has 0 saturated heterocycles. The summed E-state index contributed by atoms with van der Waals surface area (Å²) in [6, 6.07) is 19.0. The first-order chi connectivity index (χ1) is 11.4. The topological polar surface area (TPSA) is 18.5 Å². The first-order valence-electron chi connectivity index (χ1n) is 8.77. The van der Waals surface area contributed by atoms with Gasteiger partial charge in [0.15, 0.2) is 6.79 Å². The Labute approximate surface area is 139 Å². The van der Waals surface area contributed by atoms with E-state index in [9.17, 15) is 0 Å². The number of ether oxygens (including phenoxy) is 2. The van der Waals surface area contributed by atoms with E-state index in [1.807, 2.05) is 12.1 Å². The minimum absolute atomic E-state index is 0.369. The summed E-state index contributed by atoms with van der Waals surface area (Å²) >= 11 is 0. The molecule has 0 aliphatic heterocycles. The second-order valence-corrected chi connectivity index (χ2v) is 6.32. The van der Waals surface area contributed by atoms with Gasteiger partial charge in [-0.2, -0.15) is 0 Å². The first kappa shape index (κ1) is 16.1. The number of aryl methyl sites for hydroxylation is 2. The van der Waals surface area contributed by atoms with Crippen LogP contribution in [0.2, 0.25) is 0 Å². The third kappa shape index (κ3) is 5.40. The summed E-state index contributed by atoms with van der Waals surface area (Å²) in [6.07, 6.45) is 8.83. The Morgan fingerprint density at radius 1 is 0.739 bits per heavy atom. The zero-order valence-corrected chi connectivity index (χ0v) is 13.7. The van der Waals surface area contributed by atoms with Crippen molar-refractivity contribution in [1.82, 2.24) is 0 Å². The van der Waals surface area contributed by atoms with Crippen LogP contribution in [0.25, 0.3) is 0 Å². The summed E-state index contributed by atoms with van der Waals surface area (Å²) in [5.41, 5.74) is 2.73. The molecule has 0 unspecified atom stereocenters. The number of benzene rings is 2. The molecule has 0 amide bonds. The van der Waals surface area contributed by atoms with Crippen LogP contribution in [0.4, 0.5) is 0 Å². The number of rotatable bonds is 7. The van der Waals surface area contributed by atoms with Gasteiger partial charge >= 0.3 is 0 Å². The second-order valence-electron chi connectivity index (χ2n) is 6.32. The average Bonchev–Trinajstić information content (AvgIpc) is 2.63. The van der Waals surface area contributed by atoms with E-state index in [0.29, 0.717) is 12.9 Å². The van der Waals surface area contributed by atoms with Gasteiger partial charge < -0.3 is 9.47 Å². The molecule has 0 aromatic heterocycles. The smallest absolute Gasteiger partial charge is 0.189 e. The average molecular weight is 310 g/mol. The van der Waals surface area contributed by atoms with Gasteiger partial charge in [0.2, 0.25) is 0 Å². The van der Waals surface area contributed by atoms with Crippen LogP contribution >= 0.6 is 0 Å². The lowest BCUT2D eigenvalue weighted by Crippen LogP contribution is -2.19. The highest BCUT2D eigenvalue weighted by Crippen LogP contribution is 2.21. The molecule has 1 aliphatic rings. The molecule has 1 saturated carbocycles. The van der Waals surface area contributed by atoms with E-state index in [0.717, 1.165) is 18.6 Å². The van der Waals surface area contributed by atoms with Crippen molar-refractivity contribution in [3.63, 3.8) is 0 Å². The summed E-state index contributed by atoms with van der Waals surface area (Å²) in [5, 5.41) is 0. The molecule has 0 bridgehead atoms. The summed E-state index contributed by atoms with van der Waals surface area (Å²) in [4.78, 5) is 0. The molecule has 0 radical (unpaired) electrons. The van der Waals surface area contributed by atoms with Crippen LogP contribution in [-0.4, -0.2) is 12.9 Å². The van der Waals surface area contributed by atoms with E-state index in [1.165, 1.54) is 43.2 Å². The molecular weight excluding hydrogens is 284 g/mol. The first-order valence-corrected chi connectivity index (χ1v) is 8.77. The Bertz CT molecular complexity index is 556. The Kier molecular flexibility index (Phi) is 6.10. The van der Waals surface area contributed by atoms with E-state index in [2.05, 4.69) is 42.5 Å².